The van der Waals surface area contributed by atoms with Gasteiger partial charge in [-0.1, -0.05) is 69.3 Å². The lowest BCUT2D eigenvalue weighted by atomic mass is 9.91. The highest BCUT2D eigenvalue weighted by atomic mass is 16.4. The van der Waals surface area contributed by atoms with Gasteiger partial charge >= 0.3 is 5.97 Å². The van der Waals surface area contributed by atoms with E-state index < -0.39 is 5.97 Å². The molecule has 1 unspecified atom stereocenters. The van der Waals surface area contributed by atoms with E-state index >= 15 is 0 Å². The summed E-state index contributed by atoms with van der Waals surface area (Å²) in [4.78, 5) is 26.3. The van der Waals surface area contributed by atoms with Gasteiger partial charge < -0.3 is 10.0 Å². The lowest BCUT2D eigenvalue weighted by molar-refractivity contribution is -0.120. The van der Waals surface area contributed by atoms with Gasteiger partial charge in [0.15, 0.2) is 0 Å². The van der Waals surface area contributed by atoms with Gasteiger partial charge in [-0.15, -0.1) is 0 Å². The number of hydrogen-bond donors (Lipinski definition) is 1. The number of rotatable bonds is 6. The Morgan fingerprint density at radius 1 is 1.03 bits per heavy atom. The van der Waals surface area contributed by atoms with E-state index in [1.165, 1.54) is 0 Å². The van der Waals surface area contributed by atoms with Crippen molar-refractivity contribution in [2.24, 2.45) is 17.3 Å². The lowest BCUT2D eigenvalue weighted by Gasteiger charge is -2.25. The highest BCUT2D eigenvalue weighted by Gasteiger charge is 2.57. The maximum absolute atomic E-state index is 13.3. The van der Waals surface area contributed by atoms with Gasteiger partial charge in [-0.25, -0.2) is 4.79 Å². The topological polar surface area (TPSA) is 81.4 Å². The highest BCUT2D eigenvalue weighted by Crippen LogP contribution is 2.58. The Kier molecular flexibility index (Phi) is 7.86. The Hall–Kier alpha value is -3.91. The molecular formula is C29H30N2O3. The molecule has 1 saturated carbocycles. The first-order valence-electron chi connectivity index (χ1n) is 11.4. The number of aromatic carboxylic acids is 1. The van der Waals surface area contributed by atoms with Crippen LogP contribution in [-0.4, -0.2) is 17.0 Å². The van der Waals surface area contributed by atoms with E-state index in [9.17, 15) is 14.7 Å². The summed E-state index contributed by atoms with van der Waals surface area (Å²) in [5, 5.41) is 17.5. The summed E-state index contributed by atoms with van der Waals surface area (Å²) in [6, 6.07) is 27.6. The summed E-state index contributed by atoms with van der Waals surface area (Å²) in [5.74, 6) is -0.373. The van der Waals surface area contributed by atoms with Crippen LogP contribution in [0.2, 0.25) is 0 Å². The van der Waals surface area contributed by atoms with Crippen molar-refractivity contribution in [3.8, 4) is 6.07 Å². The molecule has 1 N–H and O–H groups in total. The minimum absolute atomic E-state index is 0.0189. The van der Waals surface area contributed by atoms with Crippen LogP contribution in [0.3, 0.4) is 0 Å². The van der Waals surface area contributed by atoms with Crippen LogP contribution in [0, 0.1) is 28.6 Å². The molecule has 5 heteroatoms. The Bertz CT molecular complexity index is 1170. The first-order chi connectivity index (χ1) is 16.3. The van der Waals surface area contributed by atoms with Gasteiger partial charge in [0.2, 0.25) is 5.91 Å². The number of carbonyl (C=O) groups is 2. The number of para-hydroxylation sites is 1. The molecule has 0 saturated heterocycles. The molecule has 3 aromatic rings. The summed E-state index contributed by atoms with van der Waals surface area (Å²) in [6.45, 7) is 6.87. The molecule has 5 nitrogen and oxygen atoms in total. The van der Waals surface area contributed by atoms with E-state index in [0.29, 0.717) is 18.0 Å². The number of carbonyl (C=O) groups excluding carboxylic acids is 1. The Morgan fingerprint density at radius 3 is 2.15 bits per heavy atom. The summed E-state index contributed by atoms with van der Waals surface area (Å²) in [5.41, 5.74) is 2.66. The van der Waals surface area contributed by atoms with Crippen molar-refractivity contribution in [3.63, 3.8) is 0 Å². The molecule has 1 aliphatic carbocycles. The predicted molar refractivity (Wildman–Crippen MR) is 133 cm³/mol. The van der Waals surface area contributed by atoms with E-state index in [1.54, 1.807) is 35.2 Å². The van der Waals surface area contributed by atoms with Crippen LogP contribution >= 0.6 is 0 Å². The van der Waals surface area contributed by atoms with Gasteiger partial charge in [0.05, 0.1) is 23.7 Å². The lowest BCUT2D eigenvalue weighted by Crippen LogP contribution is -2.33. The first kappa shape index (κ1) is 24.7. The van der Waals surface area contributed by atoms with Crippen LogP contribution in [0.15, 0.2) is 84.9 Å². The van der Waals surface area contributed by atoms with Crippen molar-refractivity contribution in [2.75, 3.05) is 4.90 Å². The minimum Gasteiger partial charge on any atom is -0.478 e. The van der Waals surface area contributed by atoms with Crippen LogP contribution in [0.25, 0.3) is 0 Å². The van der Waals surface area contributed by atoms with Gasteiger partial charge in [-0.2, -0.15) is 5.26 Å². The number of benzene rings is 3. The highest BCUT2D eigenvalue weighted by molar-refractivity contribution is 5.97. The molecular weight excluding hydrogens is 424 g/mol. The molecule has 0 aliphatic heterocycles. The molecule has 174 valence electrons. The van der Waals surface area contributed by atoms with Crippen molar-refractivity contribution < 1.29 is 14.7 Å². The molecule has 3 aromatic carbocycles. The second-order valence-corrected chi connectivity index (χ2v) is 9.16. The smallest absolute Gasteiger partial charge is 0.335 e. The third-order valence-corrected chi connectivity index (χ3v) is 6.65. The third kappa shape index (κ3) is 5.90. The largest absolute Gasteiger partial charge is 0.478 e. The third-order valence-electron chi connectivity index (χ3n) is 6.65. The van der Waals surface area contributed by atoms with Crippen molar-refractivity contribution in [3.05, 3.63) is 102 Å². The van der Waals surface area contributed by atoms with Crippen molar-refractivity contribution in [1.29, 1.82) is 5.26 Å². The van der Waals surface area contributed by atoms with Crippen molar-refractivity contribution >= 4 is 17.6 Å². The fourth-order valence-electron chi connectivity index (χ4n) is 3.98. The molecule has 2 atom stereocenters. The number of nitriles is 1. The second-order valence-electron chi connectivity index (χ2n) is 9.16. The fraction of sp³-hybridized carbons (Fsp3) is 0.276. The molecule has 0 radical (unpaired) electrons. The minimum atomic E-state index is -0.959. The van der Waals surface area contributed by atoms with E-state index in [-0.39, 0.29) is 22.8 Å². The summed E-state index contributed by atoms with van der Waals surface area (Å²) in [6.07, 6.45) is 0.905. The zero-order chi connectivity index (χ0) is 24.7. The van der Waals surface area contributed by atoms with Gasteiger partial charge in [0.1, 0.15) is 0 Å². The van der Waals surface area contributed by atoms with E-state index in [0.717, 1.165) is 17.7 Å². The molecule has 0 aromatic heterocycles. The number of hydrogen-bond acceptors (Lipinski definition) is 3. The monoisotopic (exact) mass is 454 g/mol. The van der Waals surface area contributed by atoms with Crippen LogP contribution in [-0.2, 0) is 11.3 Å². The number of nitrogens with zero attached hydrogens (tertiary/aromatic N) is 2. The number of carboxylic acids is 1. The summed E-state index contributed by atoms with van der Waals surface area (Å²) >= 11 is 0. The average molecular weight is 455 g/mol. The quantitative estimate of drug-likeness (QED) is 0.484. The molecule has 1 amide bonds. The predicted octanol–water partition coefficient (Wildman–Crippen LogP) is 6.16. The maximum atomic E-state index is 13.3. The van der Waals surface area contributed by atoms with Crippen LogP contribution in [0.4, 0.5) is 5.69 Å². The van der Waals surface area contributed by atoms with E-state index in [2.05, 4.69) is 20.8 Å². The van der Waals surface area contributed by atoms with Crippen LogP contribution in [0.5, 0.6) is 0 Å². The normalized spacial score (nSPS) is 18.3. The SMILES string of the molecule is CC(C)[C@@]1(C)CC1C(=O)N(Cc1cccc(C(=O)O)c1)c1ccccc1.N#Cc1ccccc1. The number of anilines is 1. The Labute approximate surface area is 201 Å². The molecule has 1 fully saturated rings. The van der Waals surface area contributed by atoms with E-state index in [1.807, 2.05) is 60.7 Å². The standard InChI is InChI=1S/C22H25NO3.C7H5N/c1-15(2)22(3)13-19(22)20(24)23(18-10-5-4-6-11-18)14-16-8-7-9-17(12-16)21(25)26;8-6-7-4-2-1-3-5-7/h4-12,15,19H,13-14H2,1-3H3,(H,25,26);1-5H/t19?,22-;/m1./s1. The first-order valence-corrected chi connectivity index (χ1v) is 11.4. The van der Waals surface area contributed by atoms with Crippen LogP contribution < -0.4 is 4.90 Å². The number of carboxylic acid groups (broad SMARTS) is 1. The maximum Gasteiger partial charge on any atom is 0.335 e. The summed E-state index contributed by atoms with van der Waals surface area (Å²) in [7, 11) is 0. The Balaban J connectivity index is 0.000000343. The van der Waals surface area contributed by atoms with Crippen LogP contribution in [0.1, 0.15) is 48.7 Å². The van der Waals surface area contributed by atoms with Gasteiger partial charge in [0.25, 0.3) is 0 Å². The molecule has 34 heavy (non-hydrogen) atoms. The Morgan fingerprint density at radius 2 is 1.65 bits per heavy atom. The molecule has 0 spiro atoms. The summed E-state index contributed by atoms with van der Waals surface area (Å²) < 4.78 is 0. The zero-order valence-corrected chi connectivity index (χ0v) is 19.8. The number of amides is 1. The fourth-order valence-corrected chi connectivity index (χ4v) is 3.98. The zero-order valence-electron chi connectivity index (χ0n) is 19.8. The molecule has 1 aliphatic rings. The van der Waals surface area contributed by atoms with Crippen molar-refractivity contribution in [1.82, 2.24) is 0 Å². The average Bonchev–Trinajstić information content (AvgIpc) is 3.57. The van der Waals surface area contributed by atoms with Gasteiger partial charge in [-0.05, 0) is 59.7 Å². The van der Waals surface area contributed by atoms with Gasteiger partial charge in [-0.3, -0.25) is 4.79 Å². The second kappa shape index (κ2) is 10.8. The molecule has 0 heterocycles. The molecule has 0 bridgehead atoms. The van der Waals surface area contributed by atoms with E-state index in [4.69, 9.17) is 5.26 Å². The van der Waals surface area contributed by atoms with Crippen molar-refractivity contribution in [2.45, 2.75) is 33.7 Å². The van der Waals surface area contributed by atoms with Gasteiger partial charge in [0, 0.05) is 11.6 Å². The molecule has 4 rings (SSSR count).